The largest absolute Gasteiger partial charge is 0.493 e. The van der Waals surface area contributed by atoms with Crippen LogP contribution in [0.1, 0.15) is 83.8 Å². The molecule has 0 spiro atoms. The van der Waals surface area contributed by atoms with E-state index in [1.54, 1.807) is 7.11 Å². The minimum atomic E-state index is -0.397. The molecule has 1 aromatic rings. The van der Waals surface area contributed by atoms with Crippen LogP contribution < -0.4 is 14.8 Å². The van der Waals surface area contributed by atoms with E-state index < -0.39 is 5.92 Å². The van der Waals surface area contributed by atoms with Gasteiger partial charge in [0, 0.05) is 46.9 Å². The lowest BCUT2D eigenvalue weighted by Crippen LogP contribution is -2.42. The van der Waals surface area contributed by atoms with Gasteiger partial charge in [-0.1, -0.05) is 46.8 Å². The number of benzene rings is 1. The summed E-state index contributed by atoms with van der Waals surface area (Å²) in [5.74, 6) is 1.18. The van der Waals surface area contributed by atoms with Gasteiger partial charge in [-0.05, 0) is 48.1 Å². The molecule has 0 atom stereocenters. The van der Waals surface area contributed by atoms with Gasteiger partial charge in [-0.3, -0.25) is 9.59 Å². The number of ether oxygens (including phenoxy) is 2. The van der Waals surface area contributed by atoms with Crippen molar-refractivity contribution in [1.29, 1.82) is 0 Å². The molecule has 3 aliphatic rings. The minimum absolute atomic E-state index is 0.119. The number of carbonyl (C=O) groups is 2. The molecule has 5 heteroatoms. The lowest BCUT2D eigenvalue weighted by atomic mass is 9.64. The van der Waals surface area contributed by atoms with E-state index in [1.807, 2.05) is 12.1 Å². The van der Waals surface area contributed by atoms with E-state index in [9.17, 15) is 9.59 Å². The summed E-state index contributed by atoms with van der Waals surface area (Å²) in [7, 11) is 1.63. The number of hydrogen-bond acceptors (Lipinski definition) is 5. The SMILES string of the molecule is C=CCc1cc(C2C3=C(CC(C)(C)CC3=O)NC3=C2C(=O)CC(C)(C)C3)cc(OC)c1OCCC. The van der Waals surface area contributed by atoms with Gasteiger partial charge in [-0.2, -0.15) is 0 Å². The molecule has 1 heterocycles. The maximum absolute atomic E-state index is 13.6. The normalized spacial score (nSPS) is 21.3. The van der Waals surface area contributed by atoms with Gasteiger partial charge in [0.05, 0.1) is 13.7 Å². The van der Waals surface area contributed by atoms with E-state index in [2.05, 4.69) is 52.6 Å². The molecule has 1 aliphatic heterocycles. The standard InChI is InChI=1S/C30H39NO4/c1-8-10-18-12-19(13-24(34-7)28(18)35-11-9-2)25-26-20(14-29(3,4)16-22(26)32)31-21-15-30(5,6)17-23(33)27(21)25/h8,12-13,25,31H,1,9-11,14-17H2,2-7H3. The molecule has 2 aliphatic carbocycles. The third kappa shape index (κ3) is 4.82. The summed E-state index contributed by atoms with van der Waals surface area (Å²) in [5.41, 5.74) is 5.04. The van der Waals surface area contributed by atoms with Crippen molar-refractivity contribution in [3.63, 3.8) is 0 Å². The molecule has 188 valence electrons. The zero-order valence-corrected chi connectivity index (χ0v) is 22.1. The molecule has 0 saturated carbocycles. The molecule has 0 amide bonds. The summed E-state index contributed by atoms with van der Waals surface area (Å²) in [6, 6.07) is 4.04. The van der Waals surface area contributed by atoms with Crippen LogP contribution in [0, 0.1) is 10.8 Å². The monoisotopic (exact) mass is 477 g/mol. The number of dihydropyridines is 1. The maximum Gasteiger partial charge on any atom is 0.164 e. The van der Waals surface area contributed by atoms with Gasteiger partial charge in [0.15, 0.2) is 23.1 Å². The lowest BCUT2D eigenvalue weighted by Gasteiger charge is -2.44. The van der Waals surface area contributed by atoms with Gasteiger partial charge in [-0.25, -0.2) is 0 Å². The van der Waals surface area contributed by atoms with Gasteiger partial charge in [-0.15, -0.1) is 6.58 Å². The number of ketones is 2. The quantitative estimate of drug-likeness (QED) is 0.475. The smallest absolute Gasteiger partial charge is 0.164 e. The zero-order chi connectivity index (χ0) is 25.5. The second kappa shape index (κ2) is 9.33. The second-order valence-corrected chi connectivity index (χ2v) is 11.8. The van der Waals surface area contributed by atoms with Crippen LogP contribution in [0.15, 0.2) is 47.3 Å². The second-order valence-electron chi connectivity index (χ2n) is 11.8. The Morgan fingerprint density at radius 3 is 2.06 bits per heavy atom. The third-order valence-electron chi connectivity index (χ3n) is 7.24. The van der Waals surface area contributed by atoms with Crippen molar-refractivity contribution in [3.05, 3.63) is 58.5 Å². The van der Waals surface area contributed by atoms with Crippen LogP contribution in [0.5, 0.6) is 11.5 Å². The molecule has 0 radical (unpaired) electrons. The van der Waals surface area contributed by atoms with E-state index in [-0.39, 0.29) is 22.4 Å². The van der Waals surface area contributed by atoms with Crippen molar-refractivity contribution < 1.29 is 19.1 Å². The fraction of sp³-hybridized carbons (Fsp3) is 0.533. The van der Waals surface area contributed by atoms with Crippen molar-refractivity contribution in [2.24, 2.45) is 10.8 Å². The number of nitrogens with one attached hydrogen (secondary N) is 1. The number of rotatable bonds is 7. The summed E-state index contributed by atoms with van der Waals surface area (Å²) >= 11 is 0. The van der Waals surface area contributed by atoms with E-state index in [4.69, 9.17) is 9.47 Å². The van der Waals surface area contributed by atoms with Gasteiger partial charge in [0.1, 0.15) is 0 Å². The fourth-order valence-corrected chi connectivity index (χ4v) is 5.90. The van der Waals surface area contributed by atoms with E-state index in [0.717, 1.165) is 52.9 Å². The molecule has 0 bridgehead atoms. The van der Waals surface area contributed by atoms with Crippen molar-refractivity contribution >= 4 is 11.6 Å². The highest BCUT2D eigenvalue weighted by atomic mass is 16.5. The molecule has 35 heavy (non-hydrogen) atoms. The molecule has 1 N–H and O–H groups in total. The van der Waals surface area contributed by atoms with Crippen LogP contribution >= 0.6 is 0 Å². The molecule has 0 fully saturated rings. The first-order chi connectivity index (χ1) is 16.5. The van der Waals surface area contributed by atoms with E-state index in [1.165, 1.54) is 0 Å². The predicted octanol–water partition coefficient (Wildman–Crippen LogP) is 6.19. The summed E-state index contributed by atoms with van der Waals surface area (Å²) in [5, 5.41) is 3.58. The predicted molar refractivity (Wildman–Crippen MR) is 139 cm³/mol. The Morgan fingerprint density at radius 2 is 1.57 bits per heavy atom. The Kier molecular flexibility index (Phi) is 6.74. The Labute approximate surface area is 209 Å². The van der Waals surface area contributed by atoms with Gasteiger partial charge in [0.2, 0.25) is 0 Å². The molecular formula is C30H39NO4. The van der Waals surface area contributed by atoms with Crippen LogP contribution in [0.25, 0.3) is 0 Å². The van der Waals surface area contributed by atoms with Crippen LogP contribution in [0.2, 0.25) is 0 Å². The fourth-order valence-electron chi connectivity index (χ4n) is 5.90. The van der Waals surface area contributed by atoms with E-state index >= 15 is 0 Å². The van der Waals surface area contributed by atoms with Gasteiger partial charge in [0.25, 0.3) is 0 Å². The maximum atomic E-state index is 13.6. The summed E-state index contributed by atoms with van der Waals surface area (Å²) in [6.07, 6.45) is 5.84. The summed E-state index contributed by atoms with van der Waals surface area (Å²) in [4.78, 5) is 27.2. The Balaban J connectivity index is 1.94. The average molecular weight is 478 g/mol. The molecular weight excluding hydrogens is 438 g/mol. The van der Waals surface area contributed by atoms with E-state index in [0.29, 0.717) is 37.4 Å². The third-order valence-corrected chi connectivity index (χ3v) is 7.24. The number of allylic oxidation sites excluding steroid dienone is 5. The first kappa shape index (κ1) is 25.3. The highest BCUT2D eigenvalue weighted by Gasteiger charge is 2.46. The van der Waals surface area contributed by atoms with Crippen molar-refractivity contribution in [2.45, 2.75) is 79.1 Å². The molecule has 5 nitrogen and oxygen atoms in total. The molecule has 1 aromatic carbocycles. The van der Waals surface area contributed by atoms with Crippen molar-refractivity contribution in [1.82, 2.24) is 5.32 Å². The molecule has 0 aromatic heterocycles. The Hall–Kier alpha value is -2.82. The van der Waals surface area contributed by atoms with Crippen LogP contribution in [-0.2, 0) is 16.0 Å². The molecule has 0 unspecified atom stereocenters. The number of carbonyl (C=O) groups excluding carboxylic acids is 2. The summed E-state index contributed by atoms with van der Waals surface area (Å²) < 4.78 is 11.8. The van der Waals surface area contributed by atoms with Crippen molar-refractivity contribution in [3.8, 4) is 11.5 Å². The highest BCUT2D eigenvalue weighted by molar-refractivity contribution is 6.06. The first-order valence-corrected chi connectivity index (χ1v) is 12.7. The number of hydrogen-bond donors (Lipinski definition) is 1. The highest BCUT2D eigenvalue weighted by Crippen LogP contribution is 2.52. The lowest BCUT2D eigenvalue weighted by molar-refractivity contribution is -0.119. The van der Waals surface area contributed by atoms with Crippen molar-refractivity contribution in [2.75, 3.05) is 13.7 Å². The number of methoxy groups -OCH3 is 1. The minimum Gasteiger partial charge on any atom is -0.493 e. The van der Waals surface area contributed by atoms with Crippen LogP contribution in [0.3, 0.4) is 0 Å². The topological polar surface area (TPSA) is 64.6 Å². The van der Waals surface area contributed by atoms with Gasteiger partial charge >= 0.3 is 0 Å². The van der Waals surface area contributed by atoms with Gasteiger partial charge < -0.3 is 14.8 Å². The first-order valence-electron chi connectivity index (χ1n) is 12.7. The average Bonchev–Trinajstić information content (AvgIpc) is 2.74. The van der Waals surface area contributed by atoms with Crippen LogP contribution in [-0.4, -0.2) is 25.3 Å². The Bertz CT molecular complexity index is 1080. The molecule has 4 rings (SSSR count). The summed E-state index contributed by atoms with van der Waals surface area (Å²) in [6.45, 7) is 15.1. The Morgan fingerprint density at radius 1 is 1.00 bits per heavy atom. The zero-order valence-electron chi connectivity index (χ0n) is 22.1. The molecule has 0 saturated heterocycles. The number of Topliss-reactive ketones (excluding diaryl/α,β-unsaturated/α-hetero) is 2. The van der Waals surface area contributed by atoms with Crippen LogP contribution in [0.4, 0.5) is 0 Å².